The normalized spacial score (nSPS) is 25.1. The van der Waals surface area contributed by atoms with E-state index in [0.717, 1.165) is 30.0 Å². The second-order valence-corrected chi connectivity index (χ2v) is 6.19. The molecule has 1 aromatic rings. The molecule has 3 nitrogen and oxygen atoms in total. The van der Waals surface area contributed by atoms with Crippen LogP contribution in [0.1, 0.15) is 44.6 Å². The van der Waals surface area contributed by atoms with Gasteiger partial charge in [-0.05, 0) is 56.3 Å². The topological polar surface area (TPSA) is 21.7 Å². The molecule has 0 N–H and O–H groups in total. The lowest BCUT2D eigenvalue weighted by Crippen LogP contribution is -2.34. The van der Waals surface area contributed by atoms with Crippen LogP contribution in [0.15, 0.2) is 18.2 Å². The predicted molar refractivity (Wildman–Crippen MR) is 80.1 cm³/mol. The van der Waals surface area contributed by atoms with Crippen LogP contribution in [0.2, 0.25) is 0 Å². The summed E-state index contributed by atoms with van der Waals surface area (Å²) < 4.78 is 10.8. The number of fused-ring (bicyclic) bond motifs is 1. The Hall–Kier alpha value is -1.22. The maximum Gasteiger partial charge on any atom is 0.231 e. The Labute approximate surface area is 121 Å². The number of benzene rings is 1. The third-order valence-electron chi connectivity index (χ3n) is 4.89. The third-order valence-corrected chi connectivity index (χ3v) is 4.89. The van der Waals surface area contributed by atoms with E-state index in [0.29, 0.717) is 6.79 Å². The molecular formula is C17H25NO2. The van der Waals surface area contributed by atoms with Crippen molar-refractivity contribution >= 4 is 0 Å². The van der Waals surface area contributed by atoms with E-state index < -0.39 is 0 Å². The second kappa shape index (κ2) is 6.04. The summed E-state index contributed by atoms with van der Waals surface area (Å²) in [6, 6.07) is 7.04. The van der Waals surface area contributed by atoms with E-state index >= 15 is 0 Å². The van der Waals surface area contributed by atoms with E-state index in [9.17, 15) is 0 Å². The zero-order valence-electron chi connectivity index (χ0n) is 12.6. The average Bonchev–Trinajstić information content (AvgIpc) is 2.95. The van der Waals surface area contributed by atoms with Crippen LogP contribution >= 0.6 is 0 Å². The number of rotatable bonds is 4. The van der Waals surface area contributed by atoms with Gasteiger partial charge in [-0.3, -0.25) is 4.90 Å². The van der Waals surface area contributed by atoms with Gasteiger partial charge in [0, 0.05) is 12.6 Å². The van der Waals surface area contributed by atoms with Crippen LogP contribution < -0.4 is 9.47 Å². The molecule has 1 saturated carbocycles. The Balaban J connectivity index is 1.57. The standard InChI is InChI=1S/C17H25NO2/c1-3-13-4-7-15(8-5-13)18(2)11-14-6-9-16-17(10-14)20-12-19-16/h6,9-10,13,15H,3-5,7-8,11-12H2,1-2H3/t13-,15+. The van der Waals surface area contributed by atoms with Crippen LogP contribution in [0.3, 0.4) is 0 Å². The van der Waals surface area contributed by atoms with Gasteiger partial charge in [0.2, 0.25) is 6.79 Å². The minimum Gasteiger partial charge on any atom is -0.454 e. The lowest BCUT2D eigenvalue weighted by atomic mass is 9.84. The molecule has 2 aliphatic rings. The van der Waals surface area contributed by atoms with Gasteiger partial charge in [0.15, 0.2) is 11.5 Å². The largest absolute Gasteiger partial charge is 0.454 e. The van der Waals surface area contributed by atoms with E-state index in [2.05, 4.69) is 31.0 Å². The summed E-state index contributed by atoms with van der Waals surface area (Å²) in [6.07, 6.45) is 6.83. The first kappa shape index (κ1) is 13.7. The molecule has 0 unspecified atom stereocenters. The summed E-state index contributed by atoms with van der Waals surface area (Å²) in [5.41, 5.74) is 1.31. The third kappa shape index (κ3) is 2.93. The predicted octanol–water partition coefficient (Wildman–Crippen LogP) is 3.82. The highest BCUT2D eigenvalue weighted by atomic mass is 16.7. The van der Waals surface area contributed by atoms with Gasteiger partial charge in [-0.25, -0.2) is 0 Å². The van der Waals surface area contributed by atoms with Crippen LogP contribution in [0.5, 0.6) is 11.5 Å². The smallest absolute Gasteiger partial charge is 0.231 e. The first-order chi connectivity index (χ1) is 9.76. The Bertz CT molecular complexity index is 452. The van der Waals surface area contributed by atoms with Crippen LogP contribution in [0.4, 0.5) is 0 Å². The van der Waals surface area contributed by atoms with Crippen molar-refractivity contribution < 1.29 is 9.47 Å². The monoisotopic (exact) mass is 275 g/mol. The molecule has 1 heterocycles. The molecule has 0 atom stereocenters. The Kier molecular flexibility index (Phi) is 4.16. The fourth-order valence-corrected chi connectivity index (χ4v) is 3.45. The fourth-order valence-electron chi connectivity index (χ4n) is 3.45. The summed E-state index contributed by atoms with van der Waals surface area (Å²) in [5, 5.41) is 0. The number of hydrogen-bond donors (Lipinski definition) is 0. The van der Waals surface area contributed by atoms with Crippen molar-refractivity contribution in [1.29, 1.82) is 0 Å². The molecule has 3 heteroatoms. The lowest BCUT2D eigenvalue weighted by Gasteiger charge is -2.34. The number of ether oxygens (including phenoxy) is 2. The van der Waals surface area contributed by atoms with E-state index in [1.165, 1.54) is 37.7 Å². The van der Waals surface area contributed by atoms with Gasteiger partial charge in [-0.15, -0.1) is 0 Å². The molecule has 0 saturated heterocycles. The summed E-state index contributed by atoms with van der Waals surface area (Å²) >= 11 is 0. The van der Waals surface area contributed by atoms with Crippen LogP contribution in [-0.2, 0) is 6.54 Å². The molecule has 0 aromatic heterocycles. The first-order valence-corrected chi connectivity index (χ1v) is 7.85. The lowest BCUT2D eigenvalue weighted by molar-refractivity contribution is 0.157. The van der Waals surface area contributed by atoms with Crippen molar-refractivity contribution in [3.63, 3.8) is 0 Å². The van der Waals surface area contributed by atoms with Crippen molar-refractivity contribution in [3.05, 3.63) is 23.8 Å². The number of nitrogens with zero attached hydrogens (tertiary/aromatic N) is 1. The van der Waals surface area contributed by atoms with Crippen molar-refractivity contribution in [3.8, 4) is 11.5 Å². The Morgan fingerprint density at radius 1 is 1.10 bits per heavy atom. The van der Waals surface area contributed by atoms with Gasteiger partial charge in [-0.2, -0.15) is 0 Å². The van der Waals surface area contributed by atoms with Gasteiger partial charge < -0.3 is 9.47 Å². The molecule has 0 amide bonds. The second-order valence-electron chi connectivity index (χ2n) is 6.19. The van der Waals surface area contributed by atoms with Crippen molar-refractivity contribution in [2.24, 2.45) is 5.92 Å². The van der Waals surface area contributed by atoms with Gasteiger partial charge in [0.05, 0.1) is 0 Å². The van der Waals surface area contributed by atoms with Gasteiger partial charge in [-0.1, -0.05) is 19.4 Å². The molecule has 20 heavy (non-hydrogen) atoms. The van der Waals surface area contributed by atoms with Gasteiger partial charge in [0.1, 0.15) is 0 Å². The van der Waals surface area contributed by atoms with E-state index in [1.807, 2.05) is 6.07 Å². The Morgan fingerprint density at radius 3 is 2.60 bits per heavy atom. The minimum absolute atomic E-state index is 0.357. The highest BCUT2D eigenvalue weighted by molar-refractivity contribution is 5.44. The van der Waals surface area contributed by atoms with Crippen molar-refractivity contribution in [2.75, 3.05) is 13.8 Å². The average molecular weight is 275 g/mol. The minimum atomic E-state index is 0.357. The maximum absolute atomic E-state index is 5.45. The molecule has 0 spiro atoms. The molecule has 1 fully saturated rings. The molecule has 1 aliphatic carbocycles. The molecule has 110 valence electrons. The van der Waals surface area contributed by atoms with Crippen molar-refractivity contribution in [2.45, 2.75) is 51.6 Å². The van der Waals surface area contributed by atoms with Crippen molar-refractivity contribution in [1.82, 2.24) is 4.90 Å². The molecule has 0 bridgehead atoms. The zero-order chi connectivity index (χ0) is 13.9. The number of hydrogen-bond acceptors (Lipinski definition) is 3. The first-order valence-electron chi connectivity index (χ1n) is 7.85. The van der Waals surface area contributed by atoms with Crippen LogP contribution in [0.25, 0.3) is 0 Å². The van der Waals surface area contributed by atoms with E-state index in [1.54, 1.807) is 0 Å². The highest BCUT2D eigenvalue weighted by Gasteiger charge is 2.23. The summed E-state index contributed by atoms with van der Waals surface area (Å²) in [7, 11) is 2.25. The van der Waals surface area contributed by atoms with Gasteiger partial charge >= 0.3 is 0 Å². The maximum atomic E-state index is 5.45. The van der Waals surface area contributed by atoms with Crippen LogP contribution in [0, 0.1) is 5.92 Å². The quantitative estimate of drug-likeness (QED) is 0.834. The van der Waals surface area contributed by atoms with E-state index in [-0.39, 0.29) is 0 Å². The Morgan fingerprint density at radius 2 is 1.85 bits per heavy atom. The van der Waals surface area contributed by atoms with Crippen LogP contribution in [-0.4, -0.2) is 24.8 Å². The molecule has 0 radical (unpaired) electrons. The molecule has 3 rings (SSSR count). The summed E-state index contributed by atoms with van der Waals surface area (Å²) in [6.45, 7) is 3.68. The van der Waals surface area contributed by atoms with E-state index in [4.69, 9.17) is 9.47 Å². The fraction of sp³-hybridized carbons (Fsp3) is 0.647. The molecule has 1 aliphatic heterocycles. The highest BCUT2D eigenvalue weighted by Crippen LogP contribution is 2.34. The molecule has 1 aromatic carbocycles. The summed E-state index contributed by atoms with van der Waals surface area (Å²) in [4.78, 5) is 2.50. The zero-order valence-corrected chi connectivity index (χ0v) is 12.6. The SMILES string of the molecule is CC[C@H]1CC[C@@H](N(C)Cc2ccc3c(c2)OCO3)CC1. The van der Waals surface area contributed by atoms with Gasteiger partial charge in [0.25, 0.3) is 0 Å². The summed E-state index contributed by atoms with van der Waals surface area (Å²) in [5.74, 6) is 2.73. The molecular weight excluding hydrogens is 250 g/mol.